The number of aliphatic hydroxyl groups is 1. The first-order chi connectivity index (χ1) is 7.78. The number of furan rings is 1. The van der Waals surface area contributed by atoms with Crippen LogP contribution in [-0.2, 0) is 6.61 Å². The summed E-state index contributed by atoms with van der Waals surface area (Å²) in [6.07, 6.45) is 0. The van der Waals surface area contributed by atoms with Gasteiger partial charge in [0.15, 0.2) is 0 Å². The van der Waals surface area contributed by atoms with Crippen LogP contribution in [0.5, 0.6) is 5.75 Å². The molecule has 2 aromatic carbocycles. The molecule has 16 heavy (non-hydrogen) atoms. The predicted molar refractivity (Wildman–Crippen MR) is 61.3 cm³/mol. The average molecular weight is 214 g/mol. The molecule has 0 atom stereocenters. The zero-order valence-corrected chi connectivity index (χ0v) is 8.47. The highest BCUT2D eigenvalue weighted by molar-refractivity contribution is 6.05. The van der Waals surface area contributed by atoms with Crippen molar-refractivity contribution in [3.8, 4) is 5.75 Å². The van der Waals surface area contributed by atoms with Crippen molar-refractivity contribution >= 4 is 21.9 Å². The van der Waals surface area contributed by atoms with E-state index in [2.05, 4.69) is 0 Å². The highest BCUT2D eigenvalue weighted by Gasteiger charge is 2.07. The molecular formula is C13H10O3. The second-order valence-electron chi connectivity index (χ2n) is 3.77. The third-order valence-electron chi connectivity index (χ3n) is 2.70. The Morgan fingerprint density at radius 1 is 0.938 bits per heavy atom. The van der Waals surface area contributed by atoms with E-state index in [1.54, 1.807) is 18.2 Å². The van der Waals surface area contributed by atoms with Gasteiger partial charge in [0.05, 0.1) is 6.61 Å². The van der Waals surface area contributed by atoms with Crippen molar-refractivity contribution in [2.24, 2.45) is 0 Å². The van der Waals surface area contributed by atoms with Crippen LogP contribution in [0.15, 0.2) is 40.8 Å². The van der Waals surface area contributed by atoms with E-state index < -0.39 is 0 Å². The zero-order chi connectivity index (χ0) is 11.1. The molecule has 0 amide bonds. The first-order valence-corrected chi connectivity index (χ1v) is 5.03. The van der Waals surface area contributed by atoms with Crippen molar-refractivity contribution < 1.29 is 14.6 Å². The molecule has 0 unspecified atom stereocenters. The summed E-state index contributed by atoms with van der Waals surface area (Å²) in [5.41, 5.74) is 2.33. The number of benzene rings is 2. The maximum absolute atomic E-state index is 9.44. The molecule has 0 radical (unpaired) electrons. The van der Waals surface area contributed by atoms with Gasteiger partial charge in [-0.25, -0.2) is 0 Å². The molecule has 3 rings (SSSR count). The molecule has 0 bridgehead atoms. The van der Waals surface area contributed by atoms with Crippen LogP contribution in [0.4, 0.5) is 0 Å². The SMILES string of the molecule is OCc1ccc2oc3ccc(O)cc3c2c1. The maximum atomic E-state index is 9.44. The van der Waals surface area contributed by atoms with Gasteiger partial charge < -0.3 is 14.6 Å². The molecule has 1 heterocycles. The van der Waals surface area contributed by atoms with E-state index in [0.717, 1.165) is 27.5 Å². The number of fused-ring (bicyclic) bond motifs is 3. The van der Waals surface area contributed by atoms with Crippen LogP contribution >= 0.6 is 0 Å². The van der Waals surface area contributed by atoms with E-state index in [4.69, 9.17) is 9.52 Å². The third-order valence-corrected chi connectivity index (χ3v) is 2.70. The van der Waals surface area contributed by atoms with Crippen LogP contribution in [0.25, 0.3) is 21.9 Å². The molecule has 0 aliphatic rings. The highest BCUT2D eigenvalue weighted by atomic mass is 16.3. The second kappa shape index (κ2) is 3.25. The normalized spacial score (nSPS) is 11.3. The molecule has 2 N–H and O–H groups in total. The van der Waals surface area contributed by atoms with Gasteiger partial charge in [0, 0.05) is 10.8 Å². The lowest BCUT2D eigenvalue weighted by atomic mass is 10.1. The minimum atomic E-state index is 0.00142. The van der Waals surface area contributed by atoms with Crippen LogP contribution < -0.4 is 0 Å². The predicted octanol–water partition coefficient (Wildman–Crippen LogP) is 2.78. The topological polar surface area (TPSA) is 53.6 Å². The largest absolute Gasteiger partial charge is 0.508 e. The quantitative estimate of drug-likeness (QED) is 0.654. The molecule has 3 heteroatoms. The molecule has 0 aliphatic heterocycles. The molecule has 80 valence electrons. The minimum Gasteiger partial charge on any atom is -0.508 e. The van der Waals surface area contributed by atoms with Crippen molar-refractivity contribution in [2.75, 3.05) is 0 Å². The summed E-state index contributed by atoms with van der Waals surface area (Å²) in [5, 5.41) is 20.3. The van der Waals surface area contributed by atoms with Crippen LogP contribution in [0.2, 0.25) is 0 Å². The highest BCUT2D eigenvalue weighted by Crippen LogP contribution is 2.31. The van der Waals surface area contributed by atoms with Crippen molar-refractivity contribution in [2.45, 2.75) is 6.61 Å². The Morgan fingerprint density at radius 3 is 2.38 bits per heavy atom. The number of hydrogen-bond acceptors (Lipinski definition) is 3. The Labute approximate surface area is 91.5 Å². The molecule has 0 fully saturated rings. The molecule has 0 spiro atoms. The van der Waals surface area contributed by atoms with Gasteiger partial charge in [-0.05, 0) is 35.9 Å². The fourth-order valence-electron chi connectivity index (χ4n) is 1.91. The van der Waals surface area contributed by atoms with Gasteiger partial charge in [0.2, 0.25) is 0 Å². The Kier molecular flexibility index (Phi) is 1.88. The summed E-state index contributed by atoms with van der Waals surface area (Å²) in [5.74, 6) is 0.213. The Balaban J connectivity index is 2.44. The summed E-state index contributed by atoms with van der Waals surface area (Å²) in [6.45, 7) is 0.00142. The van der Waals surface area contributed by atoms with Gasteiger partial charge in [0.1, 0.15) is 16.9 Å². The molecule has 0 saturated carbocycles. The van der Waals surface area contributed by atoms with Gasteiger partial charge in [-0.1, -0.05) is 6.07 Å². The smallest absolute Gasteiger partial charge is 0.135 e. The fourth-order valence-corrected chi connectivity index (χ4v) is 1.91. The van der Waals surface area contributed by atoms with Gasteiger partial charge in [0.25, 0.3) is 0 Å². The number of hydrogen-bond donors (Lipinski definition) is 2. The summed E-state index contributed by atoms with van der Waals surface area (Å²) in [6, 6.07) is 10.5. The lowest BCUT2D eigenvalue weighted by molar-refractivity contribution is 0.282. The fraction of sp³-hybridized carbons (Fsp3) is 0.0769. The monoisotopic (exact) mass is 214 g/mol. The maximum Gasteiger partial charge on any atom is 0.135 e. The van der Waals surface area contributed by atoms with E-state index in [0.29, 0.717) is 0 Å². The van der Waals surface area contributed by atoms with Crippen molar-refractivity contribution in [1.82, 2.24) is 0 Å². The van der Waals surface area contributed by atoms with E-state index in [-0.39, 0.29) is 12.4 Å². The summed E-state index contributed by atoms with van der Waals surface area (Å²) < 4.78 is 5.61. The molecule has 3 nitrogen and oxygen atoms in total. The number of aliphatic hydroxyl groups excluding tert-OH is 1. The minimum absolute atomic E-state index is 0.00142. The number of phenols is 1. The lowest BCUT2D eigenvalue weighted by Crippen LogP contribution is -1.80. The molecule has 0 saturated heterocycles. The van der Waals surface area contributed by atoms with Gasteiger partial charge in [-0.15, -0.1) is 0 Å². The van der Waals surface area contributed by atoms with Crippen molar-refractivity contribution in [3.63, 3.8) is 0 Å². The van der Waals surface area contributed by atoms with E-state index >= 15 is 0 Å². The molecule has 1 aromatic heterocycles. The summed E-state index contributed by atoms with van der Waals surface area (Å²) in [4.78, 5) is 0. The van der Waals surface area contributed by atoms with Crippen LogP contribution in [0.1, 0.15) is 5.56 Å². The first-order valence-electron chi connectivity index (χ1n) is 5.03. The van der Waals surface area contributed by atoms with Gasteiger partial charge >= 0.3 is 0 Å². The standard InChI is InChI=1S/C13H10O3/c14-7-8-1-3-12-10(5-8)11-6-9(15)2-4-13(11)16-12/h1-6,14-15H,7H2. The van der Waals surface area contributed by atoms with Crippen LogP contribution in [-0.4, -0.2) is 10.2 Å². The number of phenolic OH excluding ortho intramolecular Hbond substituents is 1. The van der Waals surface area contributed by atoms with Gasteiger partial charge in [-0.3, -0.25) is 0 Å². The second-order valence-corrected chi connectivity index (χ2v) is 3.77. The lowest BCUT2D eigenvalue weighted by Gasteiger charge is -1.95. The Hall–Kier alpha value is -2.00. The first kappa shape index (κ1) is 9.24. The average Bonchev–Trinajstić information content (AvgIpc) is 2.66. The molecule has 0 aliphatic carbocycles. The van der Waals surface area contributed by atoms with E-state index in [1.807, 2.05) is 18.2 Å². The van der Waals surface area contributed by atoms with Crippen LogP contribution in [0.3, 0.4) is 0 Å². The number of rotatable bonds is 1. The van der Waals surface area contributed by atoms with Crippen molar-refractivity contribution in [3.05, 3.63) is 42.0 Å². The van der Waals surface area contributed by atoms with E-state index in [9.17, 15) is 5.11 Å². The van der Waals surface area contributed by atoms with Crippen LogP contribution in [0, 0.1) is 0 Å². The summed E-state index contributed by atoms with van der Waals surface area (Å²) >= 11 is 0. The zero-order valence-electron chi connectivity index (χ0n) is 8.47. The molecular weight excluding hydrogens is 204 g/mol. The van der Waals surface area contributed by atoms with Crippen molar-refractivity contribution in [1.29, 1.82) is 0 Å². The molecule has 3 aromatic rings. The Bertz CT molecular complexity index is 667. The third kappa shape index (κ3) is 1.26. The number of aromatic hydroxyl groups is 1. The summed E-state index contributed by atoms with van der Waals surface area (Å²) in [7, 11) is 0. The van der Waals surface area contributed by atoms with Gasteiger partial charge in [-0.2, -0.15) is 0 Å². The Morgan fingerprint density at radius 2 is 1.62 bits per heavy atom. The van der Waals surface area contributed by atoms with E-state index in [1.165, 1.54) is 0 Å².